The van der Waals surface area contributed by atoms with E-state index in [0.717, 1.165) is 29.5 Å². The van der Waals surface area contributed by atoms with Gasteiger partial charge in [-0.05, 0) is 57.6 Å². The Morgan fingerprint density at radius 1 is 1.24 bits per heavy atom. The van der Waals surface area contributed by atoms with Crippen molar-refractivity contribution in [2.75, 3.05) is 13.7 Å². The van der Waals surface area contributed by atoms with Crippen molar-refractivity contribution >= 4 is 11.9 Å². The number of ether oxygens (including phenoxy) is 2. The van der Waals surface area contributed by atoms with Gasteiger partial charge in [-0.3, -0.25) is 4.79 Å². The van der Waals surface area contributed by atoms with Crippen LogP contribution in [0.4, 0.5) is 0 Å². The van der Waals surface area contributed by atoms with Gasteiger partial charge >= 0.3 is 5.97 Å². The number of esters is 1. The number of aryl methyl sites for hydroxylation is 2. The van der Waals surface area contributed by atoms with Crippen molar-refractivity contribution in [3.63, 3.8) is 0 Å². The Kier molecular flexibility index (Phi) is 6.59. The van der Waals surface area contributed by atoms with Gasteiger partial charge in [-0.2, -0.15) is 0 Å². The highest BCUT2D eigenvalue weighted by Crippen LogP contribution is 2.31. The summed E-state index contributed by atoms with van der Waals surface area (Å²) in [5.74, 6) is -0.475. The molecule has 5 heteroatoms. The zero-order chi connectivity index (χ0) is 18.4. The Hall–Kier alpha value is -1.88. The molecular weight excluding hydrogens is 318 g/mol. The van der Waals surface area contributed by atoms with E-state index in [1.165, 1.54) is 0 Å². The second-order valence-corrected chi connectivity index (χ2v) is 6.89. The largest absolute Gasteiger partial charge is 0.464 e. The van der Waals surface area contributed by atoms with Crippen molar-refractivity contribution < 1.29 is 19.1 Å². The van der Waals surface area contributed by atoms with Crippen LogP contribution in [0.5, 0.6) is 0 Å². The maximum absolute atomic E-state index is 12.7. The normalized spacial score (nSPS) is 23.1. The van der Waals surface area contributed by atoms with Crippen molar-refractivity contribution in [3.05, 3.63) is 34.9 Å². The number of benzene rings is 1. The highest BCUT2D eigenvalue weighted by Gasteiger charge is 2.44. The molecule has 1 aliphatic rings. The lowest BCUT2D eigenvalue weighted by molar-refractivity contribution is -0.156. The number of methoxy groups -OCH3 is 1. The molecule has 1 aromatic carbocycles. The van der Waals surface area contributed by atoms with Gasteiger partial charge in [-0.25, -0.2) is 4.79 Å². The number of carbonyl (C=O) groups is 2. The molecule has 1 aromatic rings. The minimum absolute atomic E-state index is 0.137. The highest BCUT2D eigenvalue weighted by molar-refractivity contribution is 5.89. The molecule has 1 aliphatic carbocycles. The van der Waals surface area contributed by atoms with Crippen LogP contribution in [0.15, 0.2) is 18.2 Å². The first-order valence-electron chi connectivity index (χ1n) is 8.97. The Labute approximate surface area is 150 Å². The summed E-state index contributed by atoms with van der Waals surface area (Å²) in [6, 6.07) is 6.07. The quantitative estimate of drug-likeness (QED) is 0.804. The predicted molar refractivity (Wildman–Crippen MR) is 96.4 cm³/mol. The molecular formula is C20H29NO4. The maximum atomic E-state index is 12.7. The van der Waals surface area contributed by atoms with E-state index in [9.17, 15) is 9.59 Å². The Morgan fingerprint density at radius 3 is 2.52 bits per heavy atom. The summed E-state index contributed by atoms with van der Waals surface area (Å²) >= 11 is 0. The van der Waals surface area contributed by atoms with Crippen LogP contribution in [-0.2, 0) is 25.5 Å². The van der Waals surface area contributed by atoms with Gasteiger partial charge in [0, 0.05) is 7.11 Å². The van der Waals surface area contributed by atoms with Crippen molar-refractivity contribution in [2.45, 2.75) is 64.5 Å². The van der Waals surface area contributed by atoms with Gasteiger partial charge in [0.1, 0.15) is 5.54 Å². The van der Waals surface area contributed by atoms with Crippen LogP contribution < -0.4 is 5.32 Å². The number of hydrogen-bond donors (Lipinski definition) is 1. The first-order chi connectivity index (χ1) is 11.9. The van der Waals surface area contributed by atoms with E-state index >= 15 is 0 Å². The lowest BCUT2D eigenvalue weighted by Gasteiger charge is -2.38. The number of carbonyl (C=O) groups excluding carboxylic acids is 2. The van der Waals surface area contributed by atoms with Crippen LogP contribution in [0, 0.1) is 13.8 Å². The van der Waals surface area contributed by atoms with Crippen LogP contribution in [-0.4, -0.2) is 37.2 Å². The van der Waals surface area contributed by atoms with E-state index in [1.54, 1.807) is 14.0 Å². The van der Waals surface area contributed by atoms with Crippen molar-refractivity contribution in [2.24, 2.45) is 0 Å². The van der Waals surface area contributed by atoms with Gasteiger partial charge in [0.15, 0.2) is 0 Å². The Morgan fingerprint density at radius 2 is 1.92 bits per heavy atom. The Bertz CT molecular complexity index is 618. The molecule has 0 aliphatic heterocycles. The van der Waals surface area contributed by atoms with Gasteiger partial charge in [0.2, 0.25) is 5.91 Å². The van der Waals surface area contributed by atoms with Gasteiger partial charge in [0.05, 0.1) is 19.1 Å². The maximum Gasteiger partial charge on any atom is 0.331 e. The van der Waals surface area contributed by atoms with Crippen molar-refractivity contribution in [1.82, 2.24) is 5.32 Å². The number of amides is 1. The molecule has 0 radical (unpaired) electrons. The zero-order valence-corrected chi connectivity index (χ0v) is 15.7. The van der Waals surface area contributed by atoms with Crippen LogP contribution in [0.3, 0.4) is 0 Å². The number of rotatable bonds is 6. The summed E-state index contributed by atoms with van der Waals surface area (Å²) in [6.07, 6.45) is 2.96. The second kappa shape index (κ2) is 8.48. The van der Waals surface area contributed by atoms with Gasteiger partial charge in [0.25, 0.3) is 0 Å². The SMILES string of the molecule is CCOC(=O)C1(NC(=O)Cc2cc(C)ccc2C)CCC(OC)CC1. The first kappa shape index (κ1) is 19.4. The fourth-order valence-electron chi connectivity index (χ4n) is 3.44. The summed E-state index contributed by atoms with van der Waals surface area (Å²) in [5.41, 5.74) is 2.25. The van der Waals surface area contributed by atoms with Crippen LogP contribution in [0.1, 0.15) is 49.3 Å². The van der Waals surface area contributed by atoms with Crippen molar-refractivity contribution in [3.8, 4) is 0 Å². The summed E-state index contributed by atoms with van der Waals surface area (Å²) in [7, 11) is 1.68. The average molecular weight is 347 g/mol. The predicted octanol–water partition coefficient (Wildman–Crippen LogP) is 2.85. The van der Waals surface area contributed by atoms with Gasteiger partial charge in [-0.15, -0.1) is 0 Å². The number of nitrogens with one attached hydrogen (secondary N) is 1. The molecule has 0 atom stereocenters. The molecule has 2 rings (SSSR count). The lowest BCUT2D eigenvalue weighted by Crippen LogP contribution is -2.58. The van der Waals surface area contributed by atoms with Crippen LogP contribution >= 0.6 is 0 Å². The molecule has 1 N–H and O–H groups in total. The minimum Gasteiger partial charge on any atom is -0.464 e. The van der Waals surface area contributed by atoms with E-state index in [1.807, 2.05) is 32.0 Å². The molecule has 0 unspecified atom stereocenters. The molecule has 5 nitrogen and oxygen atoms in total. The van der Waals surface area contributed by atoms with Crippen LogP contribution in [0.25, 0.3) is 0 Å². The molecule has 0 aromatic heterocycles. The summed E-state index contributed by atoms with van der Waals surface area (Å²) < 4.78 is 10.6. The smallest absolute Gasteiger partial charge is 0.331 e. The van der Waals surface area contributed by atoms with Crippen LogP contribution in [0.2, 0.25) is 0 Å². The first-order valence-corrected chi connectivity index (χ1v) is 8.97. The molecule has 1 fully saturated rings. The third-order valence-electron chi connectivity index (χ3n) is 5.02. The van der Waals surface area contributed by atoms with Gasteiger partial charge < -0.3 is 14.8 Å². The van der Waals surface area contributed by atoms with E-state index in [2.05, 4.69) is 5.32 Å². The molecule has 0 spiro atoms. The molecule has 0 saturated heterocycles. The summed E-state index contributed by atoms with van der Waals surface area (Å²) in [5, 5.41) is 2.99. The number of hydrogen-bond acceptors (Lipinski definition) is 4. The monoisotopic (exact) mass is 347 g/mol. The standard InChI is InChI=1S/C20H29NO4/c1-5-25-19(23)20(10-8-17(24-4)9-11-20)21-18(22)13-16-12-14(2)6-7-15(16)3/h6-7,12,17H,5,8-11,13H2,1-4H3,(H,21,22). The van der Waals surface area contributed by atoms with Crippen molar-refractivity contribution in [1.29, 1.82) is 0 Å². The summed E-state index contributed by atoms with van der Waals surface area (Å²) in [4.78, 5) is 25.2. The van der Waals surface area contributed by atoms with E-state index in [4.69, 9.17) is 9.47 Å². The average Bonchev–Trinajstić information content (AvgIpc) is 2.59. The lowest BCUT2D eigenvalue weighted by atomic mass is 9.80. The van der Waals surface area contributed by atoms with E-state index in [-0.39, 0.29) is 24.4 Å². The van der Waals surface area contributed by atoms with E-state index in [0.29, 0.717) is 19.4 Å². The molecule has 0 heterocycles. The fourth-order valence-corrected chi connectivity index (χ4v) is 3.44. The van der Waals surface area contributed by atoms with E-state index < -0.39 is 5.54 Å². The third-order valence-corrected chi connectivity index (χ3v) is 5.02. The topological polar surface area (TPSA) is 64.6 Å². The minimum atomic E-state index is -0.931. The molecule has 1 amide bonds. The third kappa shape index (κ3) is 4.82. The van der Waals surface area contributed by atoms with Gasteiger partial charge in [-0.1, -0.05) is 23.8 Å². The molecule has 138 valence electrons. The molecule has 25 heavy (non-hydrogen) atoms. The zero-order valence-electron chi connectivity index (χ0n) is 15.7. The second-order valence-electron chi connectivity index (χ2n) is 6.89. The fraction of sp³-hybridized carbons (Fsp3) is 0.600. The summed E-state index contributed by atoms with van der Waals surface area (Å²) in [6.45, 7) is 6.09. The Balaban J connectivity index is 2.12. The highest BCUT2D eigenvalue weighted by atomic mass is 16.5. The molecule has 1 saturated carbocycles. The molecule has 0 bridgehead atoms.